The molecule has 0 saturated heterocycles. The van der Waals surface area contributed by atoms with Crippen molar-refractivity contribution in [3.8, 4) is 0 Å². The number of rotatable bonds is 5. The lowest BCUT2D eigenvalue weighted by atomic mass is 10.1. The SMILES string of the molecule is CC(O)CC(C)NC(=O)/C=C/c1ccccc1Cl. The number of hydrogen-bond acceptors (Lipinski definition) is 2. The van der Waals surface area contributed by atoms with Crippen molar-refractivity contribution < 1.29 is 9.90 Å². The molecular weight excluding hydrogens is 250 g/mol. The second-order valence-corrected chi connectivity index (χ2v) is 4.76. The Kier molecular flexibility index (Phi) is 5.89. The Bertz CT molecular complexity index is 430. The second-order valence-electron chi connectivity index (χ2n) is 4.35. The third-order valence-corrected chi connectivity index (χ3v) is 2.75. The first-order valence-electron chi connectivity index (χ1n) is 5.90. The monoisotopic (exact) mass is 267 g/mol. The predicted octanol–water partition coefficient (Wildman–Crippen LogP) is 2.63. The Labute approximate surface area is 112 Å². The number of benzene rings is 1. The van der Waals surface area contributed by atoms with Crippen molar-refractivity contribution in [1.29, 1.82) is 0 Å². The minimum absolute atomic E-state index is 0.0617. The number of nitrogens with one attached hydrogen (secondary N) is 1. The third-order valence-electron chi connectivity index (χ3n) is 2.40. The summed E-state index contributed by atoms with van der Waals surface area (Å²) in [5.41, 5.74) is 0.803. The van der Waals surface area contributed by atoms with Crippen LogP contribution >= 0.6 is 11.6 Å². The molecule has 2 unspecified atom stereocenters. The van der Waals surface area contributed by atoms with E-state index in [1.807, 2.05) is 25.1 Å². The van der Waals surface area contributed by atoms with Crippen LogP contribution in [-0.4, -0.2) is 23.2 Å². The van der Waals surface area contributed by atoms with Crippen molar-refractivity contribution in [2.45, 2.75) is 32.4 Å². The van der Waals surface area contributed by atoms with Crippen molar-refractivity contribution in [2.75, 3.05) is 0 Å². The summed E-state index contributed by atoms with van der Waals surface area (Å²) in [4.78, 5) is 11.6. The molecule has 0 heterocycles. The van der Waals surface area contributed by atoms with Gasteiger partial charge >= 0.3 is 0 Å². The van der Waals surface area contributed by atoms with Gasteiger partial charge in [0.25, 0.3) is 0 Å². The smallest absolute Gasteiger partial charge is 0.244 e. The van der Waals surface area contributed by atoms with Gasteiger partial charge in [-0.25, -0.2) is 0 Å². The Hall–Kier alpha value is -1.32. The van der Waals surface area contributed by atoms with Crippen molar-refractivity contribution in [3.63, 3.8) is 0 Å². The topological polar surface area (TPSA) is 49.3 Å². The molecule has 3 nitrogen and oxygen atoms in total. The molecule has 0 aliphatic heterocycles. The Morgan fingerprint density at radius 1 is 1.44 bits per heavy atom. The maximum atomic E-state index is 11.6. The first-order chi connectivity index (χ1) is 8.49. The van der Waals surface area contributed by atoms with Gasteiger partial charge in [0.05, 0.1) is 6.10 Å². The highest BCUT2D eigenvalue weighted by atomic mass is 35.5. The molecule has 0 spiro atoms. The first kappa shape index (κ1) is 14.7. The molecule has 1 aromatic rings. The van der Waals surface area contributed by atoms with E-state index in [9.17, 15) is 9.90 Å². The van der Waals surface area contributed by atoms with Crippen molar-refractivity contribution >= 4 is 23.6 Å². The van der Waals surface area contributed by atoms with Gasteiger partial charge in [-0.2, -0.15) is 0 Å². The van der Waals surface area contributed by atoms with Crippen LogP contribution in [0.1, 0.15) is 25.8 Å². The van der Waals surface area contributed by atoms with Crippen LogP contribution in [0.2, 0.25) is 5.02 Å². The van der Waals surface area contributed by atoms with Gasteiger partial charge in [0.2, 0.25) is 5.91 Å². The third kappa shape index (κ3) is 5.34. The second kappa shape index (κ2) is 7.19. The number of aliphatic hydroxyl groups excluding tert-OH is 1. The fraction of sp³-hybridized carbons (Fsp3) is 0.357. The maximum Gasteiger partial charge on any atom is 0.244 e. The van der Waals surface area contributed by atoms with Crippen molar-refractivity contribution in [3.05, 3.63) is 40.9 Å². The van der Waals surface area contributed by atoms with Gasteiger partial charge in [0.1, 0.15) is 0 Å². The fourth-order valence-corrected chi connectivity index (χ4v) is 1.84. The van der Waals surface area contributed by atoms with E-state index in [4.69, 9.17) is 11.6 Å². The summed E-state index contributed by atoms with van der Waals surface area (Å²) in [6.45, 7) is 3.55. The summed E-state index contributed by atoms with van der Waals surface area (Å²) in [5, 5.41) is 12.6. The van der Waals surface area contributed by atoms with Gasteiger partial charge in [-0.3, -0.25) is 4.79 Å². The van der Waals surface area contributed by atoms with E-state index in [0.29, 0.717) is 11.4 Å². The lowest BCUT2D eigenvalue weighted by Gasteiger charge is -2.13. The number of hydrogen-bond donors (Lipinski definition) is 2. The van der Waals surface area contributed by atoms with Gasteiger partial charge in [0, 0.05) is 17.1 Å². The summed E-state index contributed by atoms with van der Waals surface area (Å²) in [7, 11) is 0. The lowest BCUT2D eigenvalue weighted by Crippen LogP contribution is -2.33. The highest BCUT2D eigenvalue weighted by molar-refractivity contribution is 6.32. The van der Waals surface area contributed by atoms with Crippen LogP contribution in [0.25, 0.3) is 6.08 Å². The number of aliphatic hydroxyl groups is 1. The van der Waals surface area contributed by atoms with Gasteiger partial charge in [-0.05, 0) is 38.0 Å². The van der Waals surface area contributed by atoms with Crippen LogP contribution in [-0.2, 0) is 4.79 Å². The van der Waals surface area contributed by atoms with E-state index >= 15 is 0 Å². The normalized spacial score (nSPS) is 14.4. The highest BCUT2D eigenvalue weighted by Gasteiger charge is 2.07. The summed E-state index contributed by atoms with van der Waals surface area (Å²) in [6, 6.07) is 7.25. The lowest BCUT2D eigenvalue weighted by molar-refractivity contribution is -0.117. The van der Waals surface area contributed by atoms with Gasteiger partial charge in [0.15, 0.2) is 0 Å². The minimum Gasteiger partial charge on any atom is -0.393 e. The van der Waals surface area contributed by atoms with E-state index in [-0.39, 0.29) is 11.9 Å². The fourth-order valence-electron chi connectivity index (χ4n) is 1.64. The van der Waals surface area contributed by atoms with Crippen LogP contribution in [0.3, 0.4) is 0 Å². The Morgan fingerprint density at radius 2 is 2.11 bits per heavy atom. The number of halogens is 1. The molecule has 1 rings (SSSR count). The Morgan fingerprint density at radius 3 is 2.72 bits per heavy atom. The number of amides is 1. The standard InChI is InChI=1S/C14H18ClNO2/c1-10(9-11(2)17)16-14(18)8-7-12-5-3-4-6-13(12)15/h3-8,10-11,17H,9H2,1-2H3,(H,16,18)/b8-7+. The minimum atomic E-state index is -0.423. The molecule has 0 radical (unpaired) electrons. The van der Waals surface area contributed by atoms with E-state index < -0.39 is 6.10 Å². The molecular formula is C14H18ClNO2. The van der Waals surface area contributed by atoms with E-state index in [0.717, 1.165) is 5.56 Å². The molecule has 2 N–H and O–H groups in total. The van der Waals surface area contributed by atoms with Crippen LogP contribution < -0.4 is 5.32 Å². The first-order valence-corrected chi connectivity index (χ1v) is 6.28. The number of carbonyl (C=O) groups is 1. The van der Waals surface area contributed by atoms with Crippen LogP contribution in [0, 0.1) is 0 Å². The molecule has 0 aromatic heterocycles. The molecule has 0 saturated carbocycles. The van der Waals surface area contributed by atoms with Gasteiger partial charge in [-0.1, -0.05) is 29.8 Å². The van der Waals surface area contributed by atoms with Crippen molar-refractivity contribution in [1.82, 2.24) is 5.32 Å². The highest BCUT2D eigenvalue weighted by Crippen LogP contribution is 2.16. The molecule has 18 heavy (non-hydrogen) atoms. The summed E-state index contributed by atoms with van der Waals surface area (Å²) in [6.07, 6.45) is 3.23. The zero-order chi connectivity index (χ0) is 13.5. The van der Waals surface area contributed by atoms with E-state index in [2.05, 4.69) is 5.32 Å². The maximum absolute atomic E-state index is 11.6. The van der Waals surface area contributed by atoms with E-state index in [1.54, 1.807) is 19.1 Å². The molecule has 1 aromatic carbocycles. The quantitative estimate of drug-likeness (QED) is 0.806. The van der Waals surface area contributed by atoms with Gasteiger partial charge in [-0.15, -0.1) is 0 Å². The van der Waals surface area contributed by atoms with Crippen LogP contribution in [0.4, 0.5) is 0 Å². The molecule has 0 fully saturated rings. The average molecular weight is 268 g/mol. The molecule has 0 bridgehead atoms. The van der Waals surface area contributed by atoms with Gasteiger partial charge < -0.3 is 10.4 Å². The zero-order valence-electron chi connectivity index (χ0n) is 10.6. The predicted molar refractivity (Wildman–Crippen MR) is 74.4 cm³/mol. The molecule has 98 valence electrons. The molecule has 1 amide bonds. The molecule has 0 aliphatic carbocycles. The largest absolute Gasteiger partial charge is 0.393 e. The average Bonchev–Trinajstić information content (AvgIpc) is 2.26. The summed E-state index contributed by atoms with van der Waals surface area (Å²) < 4.78 is 0. The zero-order valence-corrected chi connectivity index (χ0v) is 11.3. The molecule has 4 heteroatoms. The van der Waals surface area contributed by atoms with Crippen molar-refractivity contribution in [2.24, 2.45) is 0 Å². The Balaban J connectivity index is 2.52. The van der Waals surface area contributed by atoms with E-state index in [1.165, 1.54) is 6.08 Å². The van der Waals surface area contributed by atoms with Crippen LogP contribution in [0.5, 0.6) is 0 Å². The van der Waals surface area contributed by atoms with Crippen LogP contribution in [0.15, 0.2) is 30.3 Å². The number of carbonyl (C=O) groups excluding carboxylic acids is 1. The summed E-state index contributed by atoms with van der Waals surface area (Å²) in [5.74, 6) is -0.192. The summed E-state index contributed by atoms with van der Waals surface area (Å²) >= 11 is 5.97. The molecule has 2 atom stereocenters. The molecule has 0 aliphatic rings.